The number of carboxylic acid groups (broad SMARTS) is 1. The predicted octanol–water partition coefficient (Wildman–Crippen LogP) is 2.97. The zero-order valence-electron chi connectivity index (χ0n) is 9.48. The molecule has 1 aliphatic rings. The Hall–Kier alpha value is -0.900. The summed E-state index contributed by atoms with van der Waals surface area (Å²) < 4.78 is 0. The Morgan fingerprint density at radius 2 is 2.56 bits per heavy atom. The Morgan fingerprint density at radius 1 is 1.75 bits per heavy atom. The van der Waals surface area contributed by atoms with Crippen LogP contribution in [0, 0.1) is 11.3 Å². The van der Waals surface area contributed by atoms with Crippen LogP contribution < -0.4 is 0 Å². The van der Waals surface area contributed by atoms with Gasteiger partial charge in [-0.2, -0.15) is 0 Å². The van der Waals surface area contributed by atoms with Crippen molar-refractivity contribution >= 4 is 17.3 Å². The molecule has 1 N–H and O–H groups in total. The molecule has 2 rings (SSSR count). The first-order chi connectivity index (χ1) is 7.62. The molecule has 1 aliphatic carbocycles. The van der Waals surface area contributed by atoms with Crippen molar-refractivity contribution in [1.82, 2.24) is 4.98 Å². The van der Waals surface area contributed by atoms with Gasteiger partial charge in [0, 0.05) is 11.8 Å². The Labute approximate surface area is 99.5 Å². The van der Waals surface area contributed by atoms with Crippen molar-refractivity contribution in [1.29, 1.82) is 0 Å². The molecule has 2 atom stereocenters. The molecule has 1 fully saturated rings. The minimum atomic E-state index is -0.646. The van der Waals surface area contributed by atoms with E-state index in [-0.39, 0.29) is 0 Å². The van der Waals surface area contributed by atoms with E-state index >= 15 is 0 Å². The van der Waals surface area contributed by atoms with Gasteiger partial charge in [0.2, 0.25) is 0 Å². The minimum absolute atomic E-state index is 0.517. The monoisotopic (exact) mass is 239 g/mol. The third kappa shape index (κ3) is 2.26. The van der Waals surface area contributed by atoms with Crippen LogP contribution >= 0.6 is 11.3 Å². The summed E-state index contributed by atoms with van der Waals surface area (Å²) in [7, 11) is 0. The fourth-order valence-electron chi connectivity index (χ4n) is 2.76. The van der Waals surface area contributed by atoms with Crippen molar-refractivity contribution in [3.63, 3.8) is 0 Å². The summed E-state index contributed by atoms with van der Waals surface area (Å²) in [4.78, 5) is 15.7. The third-order valence-electron chi connectivity index (χ3n) is 3.55. The lowest BCUT2D eigenvalue weighted by Gasteiger charge is -2.36. The molecule has 4 heteroatoms. The number of aromatic nitrogens is 1. The molecule has 2 unspecified atom stereocenters. The number of hydrogen-bond acceptors (Lipinski definition) is 3. The highest BCUT2D eigenvalue weighted by atomic mass is 32.1. The van der Waals surface area contributed by atoms with Gasteiger partial charge >= 0.3 is 5.97 Å². The van der Waals surface area contributed by atoms with Gasteiger partial charge in [0.25, 0.3) is 0 Å². The molecule has 88 valence electrons. The van der Waals surface area contributed by atoms with Crippen molar-refractivity contribution in [2.75, 3.05) is 0 Å². The van der Waals surface area contributed by atoms with Gasteiger partial charge in [-0.15, -0.1) is 11.3 Å². The number of aliphatic carboxylic acids is 1. The second-order valence-corrected chi connectivity index (χ2v) is 5.66. The number of carboxylic acids is 1. The number of carbonyl (C=O) groups is 1. The summed E-state index contributed by atoms with van der Waals surface area (Å²) in [5.74, 6) is -0.129. The molecule has 0 aliphatic heterocycles. The minimum Gasteiger partial charge on any atom is -0.481 e. The molecule has 1 saturated carbocycles. The highest BCUT2D eigenvalue weighted by Gasteiger charge is 2.42. The molecule has 0 radical (unpaired) electrons. The lowest BCUT2D eigenvalue weighted by molar-refractivity contribution is -0.152. The third-order valence-corrected chi connectivity index (χ3v) is 4.18. The van der Waals surface area contributed by atoms with Crippen LogP contribution in [-0.4, -0.2) is 16.1 Å². The van der Waals surface area contributed by atoms with Crippen molar-refractivity contribution in [3.05, 3.63) is 16.6 Å². The molecular formula is C12H17NO2S. The van der Waals surface area contributed by atoms with E-state index < -0.39 is 11.4 Å². The molecule has 0 bridgehead atoms. The molecule has 1 aromatic heterocycles. The topological polar surface area (TPSA) is 50.2 Å². The van der Waals surface area contributed by atoms with Crippen molar-refractivity contribution in [3.8, 4) is 0 Å². The zero-order chi connectivity index (χ0) is 11.6. The van der Waals surface area contributed by atoms with E-state index in [9.17, 15) is 9.90 Å². The van der Waals surface area contributed by atoms with Crippen LogP contribution in [0.3, 0.4) is 0 Å². The molecule has 1 heterocycles. The summed E-state index contributed by atoms with van der Waals surface area (Å²) in [5.41, 5.74) is 2.14. The quantitative estimate of drug-likeness (QED) is 0.882. The average molecular weight is 239 g/mol. The van der Waals surface area contributed by atoms with Gasteiger partial charge in [-0.1, -0.05) is 19.8 Å². The largest absolute Gasteiger partial charge is 0.481 e. The normalized spacial score (nSPS) is 30.2. The van der Waals surface area contributed by atoms with Gasteiger partial charge < -0.3 is 5.11 Å². The molecule has 0 saturated heterocycles. The van der Waals surface area contributed by atoms with Crippen molar-refractivity contribution < 1.29 is 9.90 Å². The van der Waals surface area contributed by atoms with Crippen LogP contribution in [0.15, 0.2) is 10.9 Å². The highest BCUT2D eigenvalue weighted by molar-refractivity contribution is 7.07. The number of rotatable bonds is 3. The maximum Gasteiger partial charge on any atom is 0.310 e. The van der Waals surface area contributed by atoms with E-state index in [4.69, 9.17) is 0 Å². The number of nitrogens with zero attached hydrogens (tertiary/aromatic N) is 1. The summed E-state index contributed by atoms with van der Waals surface area (Å²) >= 11 is 1.54. The van der Waals surface area contributed by atoms with Crippen molar-refractivity contribution in [2.24, 2.45) is 11.3 Å². The van der Waals surface area contributed by atoms with Crippen LogP contribution in [-0.2, 0) is 11.2 Å². The molecule has 3 nitrogen and oxygen atoms in total. The number of hydrogen-bond donors (Lipinski definition) is 1. The molecule has 16 heavy (non-hydrogen) atoms. The molecular weight excluding hydrogens is 222 g/mol. The lowest BCUT2D eigenvalue weighted by atomic mass is 9.68. The van der Waals surface area contributed by atoms with Crippen LogP contribution in [0.1, 0.15) is 38.3 Å². The maximum absolute atomic E-state index is 11.5. The Balaban J connectivity index is 2.18. The first-order valence-corrected chi connectivity index (χ1v) is 6.67. The molecule has 0 spiro atoms. The SMILES string of the molecule is CC1CCCC(Cc2cscn2)(C(=O)O)C1. The van der Waals surface area contributed by atoms with E-state index in [1.54, 1.807) is 5.51 Å². The van der Waals surface area contributed by atoms with Crippen molar-refractivity contribution in [2.45, 2.75) is 39.0 Å². The Morgan fingerprint density at radius 3 is 3.12 bits per heavy atom. The van der Waals surface area contributed by atoms with Gasteiger partial charge in [0.05, 0.1) is 16.6 Å². The van der Waals surface area contributed by atoms with E-state index in [0.717, 1.165) is 31.4 Å². The van der Waals surface area contributed by atoms with Gasteiger partial charge in [-0.05, 0) is 18.8 Å². The molecule has 0 aromatic carbocycles. The summed E-state index contributed by atoms with van der Waals surface area (Å²) in [6, 6.07) is 0. The fraction of sp³-hybridized carbons (Fsp3) is 0.667. The van der Waals surface area contributed by atoms with Gasteiger partial charge in [-0.25, -0.2) is 4.98 Å². The lowest BCUT2D eigenvalue weighted by Crippen LogP contribution is -2.38. The van der Waals surface area contributed by atoms with E-state index in [0.29, 0.717) is 12.3 Å². The molecule has 0 amide bonds. The van der Waals surface area contributed by atoms with E-state index in [2.05, 4.69) is 11.9 Å². The van der Waals surface area contributed by atoms with Gasteiger partial charge in [0.15, 0.2) is 0 Å². The van der Waals surface area contributed by atoms with Crippen LogP contribution in [0.5, 0.6) is 0 Å². The standard InChI is InChI=1S/C12H17NO2S/c1-9-3-2-4-12(5-9,11(14)15)6-10-7-16-8-13-10/h7-9H,2-6H2,1H3,(H,14,15). The van der Waals surface area contributed by atoms with Crippen LogP contribution in [0.4, 0.5) is 0 Å². The smallest absolute Gasteiger partial charge is 0.310 e. The second-order valence-electron chi connectivity index (χ2n) is 4.94. The zero-order valence-corrected chi connectivity index (χ0v) is 10.3. The summed E-state index contributed by atoms with van der Waals surface area (Å²) in [5, 5.41) is 11.4. The summed E-state index contributed by atoms with van der Waals surface area (Å²) in [6.45, 7) is 2.15. The van der Waals surface area contributed by atoms with E-state index in [1.165, 1.54) is 11.3 Å². The fourth-order valence-corrected chi connectivity index (χ4v) is 3.32. The highest BCUT2D eigenvalue weighted by Crippen LogP contribution is 2.42. The predicted molar refractivity (Wildman–Crippen MR) is 63.5 cm³/mol. The second kappa shape index (κ2) is 4.53. The molecule has 1 aromatic rings. The van der Waals surface area contributed by atoms with Crippen LogP contribution in [0.25, 0.3) is 0 Å². The summed E-state index contributed by atoms with van der Waals surface area (Å²) in [6.07, 6.45) is 4.37. The maximum atomic E-state index is 11.5. The van der Waals surface area contributed by atoms with E-state index in [1.807, 2.05) is 5.38 Å². The number of thiazole rings is 1. The van der Waals surface area contributed by atoms with Gasteiger partial charge in [-0.3, -0.25) is 4.79 Å². The van der Waals surface area contributed by atoms with Crippen LogP contribution in [0.2, 0.25) is 0 Å². The first-order valence-electron chi connectivity index (χ1n) is 5.73. The average Bonchev–Trinajstić information content (AvgIpc) is 2.70. The van der Waals surface area contributed by atoms with Gasteiger partial charge in [0.1, 0.15) is 0 Å². The Kier molecular flexibility index (Phi) is 3.28. The first kappa shape index (κ1) is 11.6. The Bertz CT molecular complexity index is 363.